The van der Waals surface area contributed by atoms with Crippen molar-refractivity contribution in [3.8, 4) is 5.75 Å². The minimum atomic E-state index is -4.65. The summed E-state index contributed by atoms with van der Waals surface area (Å²) in [7, 11) is 0. The molecule has 0 N–H and O–H groups in total. The van der Waals surface area contributed by atoms with Gasteiger partial charge in [0.05, 0.1) is 0 Å². The van der Waals surface area contributed by atoms with Crippen molar-refractivity contribution < 1.29 is 40.2 Å². The van der Waals surface area contributed by atoms with Crippen LogP contribution in [0.15, 0.2) is 53.6 Å². The van der Waals surface area contributed by atoms with Crippen molar-refractivity contribution in [2.24, 2.45) is 0 Å². The van der Waals surface area contributed by atoms with Crippen LogP contribution in [0.3, 0.4) is 0 Å². The first-order chi connectivity index (χ1) is 14.5. The van der Waals surface area contributed by atoms with E-state index in [0.717, 1.165) is 11.1 Å². The van der Waals surface area contributed by atoms with Crippen LogP contribution < -0.4 is 4.74 Å². The molecule has 1 aliphatic heterocycles. The number of fused-ring (bicyclic) bond motifs is 1. The van der Waals surface area contributed by atoms with Crippen LogP contribution in [-0.4, -0.2) is 6.10 Å². The van der Waals surface area contributed by atoms with Gasteiger partial charge in [0, 0.05) is 24.1 Å². The van der Waals surface area contributed by atoms with Crippen molar-refractivity contribution in [1.29, 1.82) is 0 Å². The smallest absolute Gasteiger partial charge is 0.432 e. The zero-order valence-electron chi connectivity index (χ0n) is 15.8. The molecule has 0 saturated carbocycles. The van der Waals surface area contributed by atoms with Crippen LogP contribution in [0.1, 0.15) is 24.5 Å². The Kier molecular flexibility index (Phi) is 5.07. The highest BCUT2D eigenvalue weighted by Crippen LogP contribution is 2.39. The summed E-state index contributed by atoms with van der Waals surface area (Å²) in [5.41, 5.74) is -0.102. The Hall–Kier alpha value is -3.23. The van der Waals surface area contributed by atoms with E-state index in [1.807, 2.05) is 19.1 Å². The maximum atomic E-state index is 14.5. The van der Waals surface area contributed by atoms with Gasteiger partial charge in [-0.2, -0.15) is 8.78 Å². The average Bonchev–Trinajstić information content (AvgIpc) is 3.08. The van der Waals surface area contributed by atoms with Crippen LogP contribution in [0.4, 0.5) is 30.7 Å². The molecule has 4 rings (SSSR count). The SMILES string of the molecule is CC1=CCC2OC(c3cc(F)c(C(F)(F)Oc4cc(F)c(F)c(F)c4)c(F)c3)=CC2=C1. The fraction of sp³-hybridized carbons (Fsp3) is 0.182. The van der Waals surface area contributed by atoms with Gasteiger partial charge in [-0.3, -0.25) is 0 Å². The quantitative estimate of drug-likeness (QED) is 0.396. The summed E-state index contributed by atoms with van der Waals surface area (Å²) in [5.74, 6) is -9.86. The highest BCUT2D eigenvalue weighted by Gasteiger charge is 2.42. The zero-order chi connectivity index (χ0) is 22.5. The van der Waals surface area contributed by atoms with Crippen molar-refractivity contribution in [3.63, 3.8) is 0 Å². The lowest BCUT2D eigenvalue weighted by atomic mass is 9.98. The van der Waals surface area contributed by atoms with E-state index in [2.05, 4.69) is 4.74 Å². The second kappa shape index (κ2) is 7.47. The third kappa shape index (κ3) is 3.92. The van der Waals surface area contributed by atoms with Gasteiger partial charge < -0.3 is 9.47 Å². The number of hydrogen-bond donors (Lipinski definition) is 0. The van der Waals surface area contributed by atoms with E-state index in [1.165, 1.54) is 0 Å². The summed E-state index contributed by atoms with van der Waals surface area (Å²) in [6, 6.07) is 1.56. The summed E-state index contributed by atoms with van der Waals surface area (Å²) in [6.07, 6.45) is 0.897. The molecule has 31 heavy (non-hydrogen) atoms. The Balaban J connectivity index is 1.65. The minimum Gasteiger partial charge on any atom is -0.485 e. The summed E-state index contributed by atoms with van der Waals surface area (Å²) in [6.45, 7) is 1.88. The molecule has 0 saturated heterocycles. The first kappa shape index (κ1) is 21.0. The van der Waals surface area contributed by atoms with E-state index < -0.39 is 46.5 Å². The van der Waals surface area contributed by atoms with Crippen molar-refractivity contribution in [2.45, 2.75) is 25.6 Å². The van der Waals surface area contributed by atoms with Gasteiger partial charge in [0.1, 0.15) is 34.8 Å². The number of halogens is 7. The van der Waals surface area contributed by atoms with E-state index in [0.29, 0.717) is 18.6 Å². The molecular formula is C22H13F7O2. The van der Waals surface area contributed by atoms with Gasteiger partial charge in [-0.05, 0) is 30.7 Å². The molecular weight excluding hydrogens is 429 g/mol. The summed E-state index contributed by atoms with van der Waals surface area (Å²) in [5, 5.41) is 0. The summed E-state index contributed by atoms with van der Waals surface area (Å²) < 4.78 is 107. The minimum absolute atomic E-state index is 0.107. The number of benzene rings is 2. The van der Waals surface area contributed by atoms with Crippen molar-refractivity contribution in [2.75, 3.05) is 0 Å². The molecule has 0 amide bonds. The summed E-state index contributed by atoms with van der Waals surface area (Å²) in [4.78, 5) is 0. The molecule has 0 bridgehead atoms. The molecule has 0 fully saturated rings. The van der Waals surface area contributed by atoms with Crippen molar-refractivity contribution in [3.05, 3.63) is 93.9 Å². The molecule has 2 aromatic rings. The number of alkyl halides is 2. The topological polar surface area (TPSA) is 18.5 Å². The van der Waals surface area contributed by atoms with Crippen molar-refractivity contribution in [1.82, 2.24) is 0 Å². The molecule has 0 aromatic heterocycles. The fourth-order valence-corrected chi connectivity index (χ4v) is 3.37. The largest absolute Gasteiger partial charge is 0.485 e. The molecule has 2 aliphatic rings. The Bertz CT molecular complexity index is 1120. The first-order valence-corrected chi connectivity index (χ1v) is 9.03. The Morgan fingerprint density at radius 1 is 0.903 bits per heavy atom. The van der Waals surface area contributed by atoms with E-state index in [1.54, 1.807) is 6.08 Å². The Morgan fingerprint density at radius 3 is 2.13 bits per heavy atom. The lowest BCUT2D eigenvalue weighted by Crippen LogP contribution is -2.25. The fourth-order valence-electron chi connectivity index (χ4n) is 3.37. The maximum Gasteiger partial charge on any atom is 0.432 e. The van der Waals surface area contributed by atoms with E-state index in [9.17, 15) is 30.7 Å². The highest BCUT2D eigenvalue weighted by molar-refractivity contribution is 5.68. The monoisotopic (exact) mass is 442 g/mol. The van der Waals surface area contributed by atoms with Crippen LogP contribution >= 0.6 is 0 Å². The van der Waals surface area contributed by atoms with E-state index >= 15 is 0 Å². The standard InChI is InChI=1S/C22H13F7O2/c1-10-2-3-18-11(4-10)7-19(30-18)12-5-14(23)20(15(24)6-12)22(28,29)31-13-8-16(25)21(27)17(26)9-13/h2,4-9,18H,3H2,1H3. The third-order valence-corrected chi connectivity index (χ3v) is 4.81. The first-order valence-electron chi connectivity index (χ1n) is 9.03. The molecule has 2 aromatic carbocycles. The second-order valence-electron chi connectivity index (χ2n) is 7.08. The number of allylic oxidation sites excluding steroid dienone is 2. The Labute approximate surface area is 171 Å². The predicted octanol–water partition coefficient (Wildman–Crippen LogP) is 6.53. The van der Waals surface area contributed by atoms with Crippen LogP contribution in [0.5, 0.6) is 5.75 Å². The molecule has 2 nitrogen and oxygen atoms in total. The van der Waals surface area contributed by atoms with Gasteiger partial charge in [0.25, 0.3) is 0 Å². The summed E-state index contributed by atoms with van der Waals surface area (Å²) >= 11 is 0. The zero-order valence-corrected chi connectivity index (χ0v) is 15.8. The molecule has 1 aliphatic carbocycles. The van der Waals surface area contributed by atoms with Crippen LogP contribution in [-0.2, 0) is 10.8 Å². The predicted molar refractivity (Wildman–Crippen MR) is 96.5 cm³/mol. The highest BCUT2D eigenvalue weighted by atomic mass is 19.3. The van der Waals surface area contributed by atoms with Gasteiger partial charge in [0.15, 0.2) is 17.5 Å². The molecule has 1 heterocycles. The number of rotatable bonds is 4. The lowest BCUT2D eigenvalue weighted by molar-refractivity contribution is -0.189. The molecule has 1 unspecified atom stereocenters. The number of ether oxygens (including phenoxy) is 2. The molecule has 0 radical (unpaired) electrons. The van der Waals surface area contributed by atoms with Crippen LogP contribution in [0.25, 0.3) is 5.76 Å². The average molecular weight is 442 g/mol. The van der Waals surface area contributed by atoms with Gasteiger partial charge in [-0.25, -0.2) is 22.0 Å². The van der Waals surface area contributed by atoms with Gasteiger partial charge in [-0.15, -0.1) is 0 Å². The lowest BCUT2D eigenvalue weighted by Gasteiger charge is -2.20. The number of hydrogen-bond acceptors (Lipinski definition) is 2. The van der Waals surface area contributed by atoms with Gasteiger partial charge in [0.2, 0.25) is 0 Å². The molecule has 1 atom stereocenters. The molecule has 0 spiro atoms. The van der Waals surface area contributed by atoms with Gasteiger partial charge in [-0.1, -0.05) is 17.7 Å². The van der Waals surface area contributed by atoms with Crippen LogP contribution in [0, 0.1) is 29.1 Å². The Morgan fingerprint density at radius 2 is 1.52 bits per heavy atom. The third-order valence-electron chi connectivity index (χ3n) is 4.81. The van der Waals surface area contributed by atoms with E-state index in [-0.39, 0.29) is 29.6 Å². The second-order valence-corrected chi connectivity index (χ2v) is 7.08. The molecule has 162 valence electrons. The van der Waals surface area contributed by atoms with Crippen molar-refractivity contribution >= 4 is 5.76 Å². The molecule has 9 heteroatoms. The van der Waals surface area contributed by atoms with Crippen LogP contribution in [0.2, 0.25) is 0 Å². The van der Waals surface area contributed by atoms with Gasteiger partial charge >= 0.3 is 6.11 Å². The normalized spacial score (nSPS) is 18.1. The van der Waals surface area contributed by atoms with E-state index in [4.69, 9.17) is 4.74 Å². The maximum absolute atomic E-state index is 14.5.